The summed E-state index contributed by atoms with van der Waals surface area (Å²) >= 11 is 1.43. The third-order valence-corrected chi connectivity index (χ3v) is 5.60. The lowest BCUT2D eigenvalue weighted by molar-refractivity contribution is -0.126. The van der Waals surface area contributed by atoms with E-state index in [2.05, 4.69) is 20.4 Å². The fourth-order valence-corrected chi connectivity index (χ4v) is 3.94. The Hall–Kier alpha value is -3.07. The zero-order valence-corrected chi connectivity index (χ0v) is 16.0. The number of nitrogens with one attached hydrogen (secondary N) is 1. The molecule has 3 aromatic heterocycles. The van der Waals surface area contributed by atoms with Gasteiger partial charge in [0, 0.05) is 25.8 Å². The average molecular weight is 396 g/mol. The number of thiophene rings is 1. The van der Waals surface area contributed by atoms with E-state index in [0.717, 1.165) is 23.3 Å². The van der Waals surface area contributed by atoms with Gasteiger partial charge in [0.2, 0.25) is 5.91 Å². The van der Waals surface area contributed by atoms with Gasteiger partial charge in [0.15, 0.2) is 5.82 Å². The summed E-state index contributed by atoms with van der Waals surface area (Å²) in [6, 6.07) is 7.43. The quantitative estimate of drug-likeness (QED) is 0.711. The highest BCUT2D eigenvalue weighted by Crippen LogP contribution is 2.20. The summed E-state index contributed by atoms with van der Waals surface area (Å²) in [5.41, 5.74) is 0.902. The van der Waals surface area contributed by atoms with Gasteiger partial charge in [0.25, 0.3) is 5.91 Å². The van der Waals surface area contributed by atoms with E-state index in [9.17, 15) is 9.59 Å². The van der Waals surface area contributed by atoms with Crippen LogP contribution in [-0.4, -0.2) is 49.6 Å². The summed E-state index contributed by atoms with van der Waals surface area (Å²) in [4.78, 5) is 35.8. The molecule has 4 rings (SSSR count). The van der Waals surface area contributed by atoms with Gasteiger partial charge >= 0.3 is 0 Å². The third-order valence-electron chi connectivity index (χ3n) is 4.74. The van der Waals surface area contributed by atoms with Crippen LogP contribution < -0.4 is 5.32 Å². The molecular formula is C19H20N6O2S. The second-order valence-corrected chi connectivity index (χ2v) is 7.60. The number of rotatable bonds is 5. The maximum Gasteiger partial charge on any atom is 0.263 e. The van der Waals surface area contributed by atoms with Gasteiger partial charge in [-0.2, -0.15) is 5.10 Å². The van der Waals surface area contributed by atoms with Crippen molar-refractivity contribution in [2.45, 2.75) is 19.4 Å². The van der Waals surface area contributed by atoms with Gasteiger partial charge in [-0.25, -0.2) is 14.6 Å². The van der Waals surface area contributed by atoms with Crippen LogP contribution in [0.4, 0.5) is 0 Å². The van der Waals surface area contributed by atoms with Crippen molar-refractivity contribution in [2.24, 2.45) is 5.92 Å². The summed E-state index contributed by atoms with van der Waals surface area (Å²) in [5.74, 6) is 0.479. The maximum atomic E-state index is 12.6. The lowest BCUT2D eigenvalue weighted by Gasteiger charge is -2.31. The van der Waals surface area contributed by atoms with Crippen LogP contribution in [0.2, 0.25) is 0 Å². The van der Waals surface area contributed by atoms with Gasteiger partial charge in [0.05, 0.1) is 10.8 Å². The molecule has 2 amide bonds. The topological polar surface area (TPSA) is 93.0 Å². The Bertz CT molecular complexity index is 924. The zero-order valence-electron chi connectivity index (χ0n) is 15.2. The molecule has 1 saturated heterocycles. The minimum absolute atomic E-state index is 0.0143. The number of carbonyl (C=O) groups is 2. The second-order valence-electron chi connectivity index (χ2n) is 6.65. The van der Waals surface area contributed by atoms with Crippen LogP contribution in [0.5, 0.6) is 0 Å². The molecule has 4 heterocycles. The Balaban J connectivity index is 1.31. The summed E-state index contributed by atoms with van der Waals surface area (Å²) in [7, 11) is 0. The number of pyridine rings is 1. The highest BCUT2D eigenvalue weighted by molar-refractivity contribution is 7.12. The highest BCUT2D eigenvalue weighted by Gasteiger charge is 2.29. The average Bonchev–Trinajstić information content (AvgIpc) is 3.46. The molecule has 8 nitrogen and oxygen atoms in total. The molecule has 0 aliphatic carbocycles. The first-order chi connectivity index (χ1) is 13.7. The predicted octanol–water partition coefficient (Wildman–Crippen LogP) is 1.89. The van der Waals surface area contributed by atoms with Crippen molar-refractivity contribution in [1.29, 1.82) is 0 Å². The van der Waals surface area contributed by atoms with Crippen LogP contribution in [0, 0.1) is 5.92 Å². The van der Waals surface area contributed by atoms with E-state index in [1.54, 1.807) is 22.1 Å². The molecule has 1 aliphatic rings. The van der Waals surface area contributed by atoms with E-state index >= 15 is 0 Å². The molecule has 1 aliphatic heterocycles. The zero-order chi connectivity index (χ0) is 19.3. The van der Waals surface area contributed by atoms with Gasteiger partial charge in [-0.3, -0.25) is 9.59 Å². The number of likely N-dealkylation sites (tertiary alicyclic amines) is 1. The molecule has 9 heteroatoms. The van der Waals surface area contributed by atoms with Crippen molar-refractivity contribution < 1.29 is 9.59 Å². The van der Waals surface area contributed by atoms with Crippen molar-refractivity contribution >= 4 is 23.2 Å². The lowest BCUT2D eigenvalue weighted by Crippen LogP contribution is -2.45. The number of amides is 2. The van der Waals surface area contributed by atoms with Crippen molar-refractivity contribution in [1.82, 2.24) is 30.0 Å². The molecule has 1 atom stereocenters. The van der Waals surface area contributed by atoms with Gasteiger partial charge in [-0.1, -0.05) is 12.1 Å². The number of carbonyl (C=O) groups excluding carboxylic acids is 2. The fraction of sp³-hybridized carbons (Fsp3) is 0.316. The fourth-order valence-electron chi connectivity index (χ4n) is 3.25. The highest BCUT2D eigenvalue weighted by atomic mass is 32.1. The largest absolute Gasteiger partial charge is 0.352 e. The Kier molecular flexibility index (Phi) is 5.43. The van der Waals surface area contributed by atoms with Crippen LogP contribution in [0.25, 0.3) is 5.82 Å². The molecule has 0 spiro atoms. The molecule has 1 fully saturated rings. The van der Waals surface area contributed by atoms with Crippen LogP contribution in [-0.2, 0) is 11.3 Å². The van der Waals surface area contributed by atoms with Crippen molar-refractivity contribution in [3.8, 4) is 5.82 Å². The molecule has 0 aromatic carbocycles. The maximum absolute atomic E-state index is 12.6. The van der Waals surface area contributed by atoms with Gasteiger partial charge in [-0.05, 0) is 35.9 Å². The minimum atomic E-state index is -0.181. The van der Waals surface area contributed by atoms with Crippen LogP contribution in [0.15, 0.2) is 48.5 Å². The predicted molar refractivity (Wildman–Crippen MR) is 104 cm³/mol. The van der Waals surface area contributed by atoms with E-state index < -0.39 is 0 Å². The number of aromatic nitrogens is 4. The molecule has 28 heavy (non-hydrogen) atoms. The molecule has 3 aromatic rings. The molecule has 144 valence electrons. The molecule has 0 unspecified atom stereocenters. The molecule has 1 N–H and O–H groups in total. The third kappa shape index (κ3) is 4.09. The standard InChI is InChI=1S/C19H20N6O2S/c26-18(15-3-1-7-24(11-15)19(27)16-4-2-8-28-16)22-10-14-5-6-17(21-9-14)25-13-20-12-23-25/h2,4-6,8-9,12-13,15H,1,3,7,10-11H2,(H,22,26)/t15-/m0/s1. The Morgan fingerprint density at radius 3 is 2.93 bits per heavy atom. The lowest BCUT2D eigenvalue weighted by atomic mass is 9.97. The number of piperidine rings is 1. The van der Waals surface area contributed by atoms with E-state index in [-0.39, 0.29) is 17.7 Å². The van der Waals surface area contributed by atoms with Crippen LogP contribution in [0.3, 0.4) is 0 Å². The van der Waals surface area contributed by atoms with E-state index in [0.29, 0.717) is 25.5 Å². The van der Waals surface area contributed by atoms with Gasteiger partial charge < -0.3 is 10.2 Å². The first-order valence-electron chi connectivity index (χ1n) is 9.11. The summed E-state index contributed by atoms with van der Waals surface area (Å²) in [6.07, 6.45) is 6.38. The molecule has 0 radical (unpaired) electrons. The van der Waals surface area contributed by atoms with Crippen molar-refractivity contribution in [3.63, 3.8) is 0 Å². The van der Waals surface area contributed by atoms with E-state index in [1.165, 1.54) is 17.7 Å². The first-order valence-corrected chi connectivity index (χ1v) is 9.99. The van der Waals surface area contributed by atoms with E-state index in [4.69, 9.17) is 0 Å². The number of hydrogen-bond donors (Lipinski definition) is 1. The summed E-state index contributed by atoms with van der Waals surface area (Å²) in [6.45, 7) is 1.57. The van der Waals surface area contributed by atoms with Crippen LogP contribution >= 0.6 is 11.3 Å². The van der Waals surface area contributed by atoms with E-state index in [1.807, 2.05) is 29.6 Å². The monoisotopic (exact) mass is 396 g/mol. The summed E-state index contributed by atoms with van der Waals surface area (Å²) < 4.78 is 1.57. The van der Waals surface area contributed by atoms with Crippen molar-refractivity contribution in [2.75, 3.05) is 13.1 Å². The smallest absolute Gasteiger partial charge is 0.263 e. The second kappa shape index (κ2) is 8.30. The van der Waals surface area contributed by atoms with Gasteiger partial charge in [0.1, 0.15) is 12.7 Å². The SMILES string of the molecule is O=C(NCc1ccc(-n2cncn2)nc1)[C@H]1CCCN(C(=O)c2cccs2)C1. The van der Waals surface area contributed by atoms with Gasteiger partial charge in [-0.15, -0.1) is 11.3 Å². The number of hydrogen-bond acceptors (Lipinski definition) is 6. The Morgan fingerprint density at radius 2 is 2.21 bits per heavy atom. The minimum Gasteiger partial charge on any atom is -0.352 e. The first kappa shape index (κ1) is 18.3. The Morgan fingerprint density at radius 1 is 1.29 bits per heavy atom. The van der Waals surface area contributed by atoms with Crippen LogP contribution in [0.1, 0.15) is 28.1 Å². The Labute approximate surface area is 166 Å². The summed E-state index contributed by atoms with van der Waals surface area (Å²) in [5, 5.41) is 8.89. The molecule has 0 saturated carbocycles. The number of nitrogens with zero attached hydrogens (tertiary/aromatic N) is 5. The van der Waals surface area contributed by atoms with Crippen molar-refractivity contribution in [3.05, 3.63) is 58.9 Å². The molecule has 0 bridgehead atoms. The molecular weight excluding hydrogens is 376 g/mol. The normalized spacial score (nSPS) is 16.7.